The first-order valence-electron chi connectivity index (χ1n) is 5.14. The number of hydrogen-bond acceptors (Lipinski definition) is 2. The number of hydrogen-bond donors (Lipinski definition) is 2. The van der Waals surface area contributed by atoms with Crippen LogP contribution < -0.4 is 5.56 Å². The molecule has 0 bridgehead atoms. The van der Waals surface area contributed by atoms with E-state index in [0.29, 0.717) is 9.39 Å². The van der Waals surface area contributed by atoms with Crippen molar-refractivity contribution in [1.82, 2.24) is 15.0 Å². The molecule has 0 amide bonds. The second kappa shape index (κ2) is 4.82. The molecule has 0 atom stereocenters. The summed E-state index contributed by atoms with van der Waals surface area (Å²) in [7, 11) is 0. The van der Waals surface area contributed by atoms with E-state index in [1.165, 1.54) is 0 Å². The average molecular weight is 329 g/mol. The van der Waals surface area contributed by atoms with Crippen LogP contribution in [-0.2, 0) is 6.42 Å². The largest absolute Gasteiger partial charge is 0.359 e. The van der Waals surface area contributed by atoms with Gasteiger partial charge in [0.25, 0.3) is 5.56 Å². The van der Waals surface area contributed by atoms with Gasteiger partial charge in [-0.15, -0.1) is 0 Å². The molecule has 4 nitrogen and oxygen atoms in total. The highest BCUT2D eigenvalue weighted by atomic mass is 127. The summed E-state index contributed by atoms with van der Waals surface area (Å²) in [4.78, 5) is 22.0. The lowest BCUT2D eigenvalue weighted by molar-refractivity contribution is 0.859. The van der Waals surface area contributed by atoms with Crippen LogP contribution in [-0.4, -0.2) is 15.0 Å². The third-order valence-corrected chi connectivity index (χ3v) is 3.38. The topological polar surface area (TPSA) is 61.5 Å². The van der Waals surface area contributed by atoms with Crippen LogP contribution >= 0.6 is 22.6 Å². The van der Waals surface area contributed by atoms with Crippen LogP contribution in [0, 0.1) is 3.57 Å². The fourth-order valence-electron chi connectivity index (χ4n) is 1.51. The van der Waals surface area contributed by atoms with Crippen molar-refractivity contribution in [1.29, 1.82) is 0 Å². The molecule has 2 aromatic rings. The fraction of sp³-hybridized carbons (Fsp3) is 0.273. The minimum atomic E-state index is -0.0661. The van der Waals surface area contributed by atoms with Crippen LogP contribution in [0.15, 0.2) is 23.1 Å². The number of nitrogens with one attached hydrogen (secondary N) is 2. The van der Waals surface area contributed by atoms with Gasteiger partial charge in [-0.1, -0.05) is 13.3 Å². The molecular formula is C11H12IN3O. The van der Waals surface area contributed by atoms with Gasteiger partial charge in [0, 0.05) is 6.20 Å². The summed E-state index contributed by atoms with van der Waals surface area (Å²) in [5.74, 6) is 0.610. The summed E-state index contributed by atoms with van der Waals surface area (Å²) in [6, 6.07) is 3.77. The van der Waals surface area contributed by atoms with Gasteiger partial charge in [-0.05, 0) is 41.1 Å². The summed E-state index contributed by atoms with van der Waals surface area (Å²) < 4.78 is 0.690. The zero-order valence-electron chi connectivity index (χ0n) is 8.88. The molecule has 16 heavy (non-hydrogen) atoms. The second-order valence-electron chi connectivity index (χ2n) is 3.51. The van der Waals surface area contributed by atoms with Gasteiger partial charge in [-0.2, -0.15) is 0 Å². The van der Waals surface area contributed by atoms with Crippen LogP contribution in [0.5, 0.6) is 0 Å². The van der Waals surface area contributed by atoms with E-state index in [4.69, 9.17) is 0 Å². The number of halogens is 1. The predicted molar refractivity (Wildman–Crippen MR) is 71.4 cm³/mol. The number of aryl methyl sites for hydroxylation is 1. The second-order valence-corrected chi connectivity index (χ2v) is 4.59. The number of nitrogens with zero attached hydrogens (tertiary/aromatic N) is 1. The fourth-order valence-corrected chi connectivity index (χ4v) is 2.04. The lowest BCUT2D eigenvalue weighted by atomic mass is 10.2. The van der Waals surface area contributed by atoms with Crippen molar-refractivity contribution in [3.8, 4) is 11.5 Å². The van der Waals surface area contributed by atoms with Crippen LogP contribution in [0.2, 0.25) is 0 Å². The Morgan fingerprint density at radius 3 is 2.94 bits per heavy atom. The smallest absolute Gasteiger partial charge is 0.264 e. The van der Waals surface area contributed by atoms with E-state index in [1.54, 1.807) is 0 Å². The number of aromatic amines is 2. The highest BCUT2D eigenvalue weighted by molar-refractivity contribution is 14.1. The van der Waals surface area contributed by atoms with E-state index in [0.717, 1.165) is 24.2 Å². The van der Waals surface area contributed by atoms with Crippen molar-refractivity contribution in [3.05, 3.63) is 37.9 Å². The van der Waals surface area contributed by atoms with Crippen molar-refractivity contribution < 1.29 is 0 Å². The van der Waals surface area contributed by atoms with E-state index in [1.807, 2.05) is 40.9 Å². The monoisotopic (exact) mass is 329 g/mol. The van der Waals surface area contributed by atoms with Crippen molar-refractivity contribution >= 4 is 22.6 Å². The normalized spacial score (nSPS) is 10.6. The number of H-pyrrole nitrogens is 2. The summed E-state index contributed by atoms with van der Waals surface area (Å²) in [6.07, 6.45) is 3.62. The summed E-state index contributed by atoms with van der Waals surface area (Å²) >= 11 is 2.05. The molecule has 84 valence electrons. The van der Waals surface area contributed by atoms with Crippen molar-refractivity contribution in [2.24, 2.45) is 0 Å². The summed E-state index contributed by atoms with van der Waals surface area (Å²) in [5.41, 5.74) is 1.64. The highest BCUT2D eigenvalue weighted by Crippen LogP contribution is 2.13. The van der Waals surface area contributed by atoms with Crippen LogP contribution in [0.4, 0.5) is 0 Å². The van der Waals surface area contributed by atoms with E-state index in [2.05, 4.69) is 21.9 Å². The lowest BCUT2D eigenvalue weighted by Crippen LogP contribution is -2.16. The van der Waals surface area contributed by atoms with E-state index < -0.39 is 0 Å². The lowest BCUT2D eigenvalue weighted by Gasteiger charge is -2.04. The van der Waals surface area contributed by atoms with Gasteiger partial charge >= 0.3 is 0 Å². The Kier molecular flexibility index (Phi) is 3.42. The molecule has 0 spiro atoms. The molecule has 0 aliphatic heterocycles. The number of rotatable bonds is 3. The Labute approximate surface area is 107 Å². The molecule has 0 saturated heterocycles. The molecule has 2 rings (SSSR count). The molecular weight excluding hydrogens is 317 g/mol. The Morgan fingerprint density at radius 1 is 1.50 bits per heavy atom. The van der Waals surface area contributed by atoms with Crippen molar-refractivity contribution in [2.45, 2.75) is 19.8 Å². The van der Waals surface area contributed by atoms with E-state index in [-0.39, 0.29) is 5.56 Å². The first-order valence-corrected chi connectivity index (χ1v) is 6.22. The zero-order valence-corrected chi connectivity index (χ0v) is 11.0. The van der Waals surface area contributed by atoms with Gasteiger partial charge in [0.2, 0.25) is 0 Å². The molecule has 5 heteroatoms. The molecule has 0 aliphatic rings. The Balaban J connectivity index is 2.53. The minimum absolute atomic E-state index is 0.0661. The SMILES string of the molecule is CCCc1nc(-c2ccc[nH]2)[nH]c(=O)c1I. The van der Waals surface area contributed by atoms with Crippen LogP contribution in [0.3, 0.4) is 0 Å². The standard InChI is InChI=1S/C11H12IN3O/c1-2-4-7-9(12)11(16)15-10(14-7)8-5-3-6-13-8/h3,5-6,13H,2,4H2,1H3,(H,14,15,16). The van der Waals surface area contributed by atoms with Crippen LogP contribution in [0.25, 0.3) is 11.5 Å². The van der Waals surface area contributed by atoms with Gasteiger partial charge in [0.15, 0.2) is 5.82 Å². The zero-order chi connectivity index (χ0) is 11.5. The summed E-state index contributed by atoms with van der Waals surface area (Å²) in [5, 5.41) is 0. The van der Waals surface area contributed by atoms with Crippen molar-refractivity contribution in [2.75, 3.05) is 0 Å². The molecule has 0 aromatic carbocycles. The molecule has 0 radical (unpaired) electrons. The average Bonchev–Trinajstić information content (AvgIpc) is 2.78. The third-order valence-electron chi connectivity index (χ3n) is 2.27. The van der Waals surface area contributed by atoms with Gasteiger partial charge in [0.1, 0.15) is 0 Å². The molecule has 0 saturated carbocycles. The maximum Gasteiger partial charge on any atom is 0.264 e. The number of aromatic nitrogens is 3. The molecule has 0 unspecified atom stereocenters. The molecule has 0 fully saturated rings. The first-order chi connectivity index (χ1) is 7.72. The predicted octanol–water partition coefficient (Wildman–Crippen LogP) is 2.32. The Bertz CT molecular complexity index is 531. The van der Waals surface area contributed by atoms with Crippen LogP contribution in [0.1, 0.15) is 19.0 Å². The third kappa shape index (κ3) is 2.18. The summed E-state index contributed by atoms with van der Waals surface area (Å²) in [6.45, 7) is 2.08. The molecule has 0 aliphatic carbocycles. The maximum absolute atomic E-state index is 11.7. The van der Waals surface area contributed by atoms with Gasteiger partial charge in [-0.3, -0.25) is 4.79 Å². The molecule has 2 heterocycles. The molecule has 2 N–H and O–H groups in total. The quantitative estimate of drug-likeness (QED) is 0.849. The maximum atomic E-state index is 11.7. The highest BCUT2D eigenvalue weighted by Gasteiger charge is 2.09. The van der Waals surface area contributed by atoms with Gasteiger partial charge < -0.3 is 9.97 Å². The first kappa shape index (κ1) is 11.4. The van der Waals surface area contributed by atoms with Gasteiger partial charge in [0.05, 0.1) is 15.0 Å². The minimum Gasteiger partial charge on any atom is -0.359 e. The van der Waals surface area contributed by atoms with Crippen molar-refractivity contribution in [3.63, 3.8) is 0 Å². The Morgan fingerprint density at radius 2 is 2.31 bits per heavy atom. The van der Waals surface area contributed by atoms with E-state index >= 15 is 0 Å². The molecule has 2 aromatic heterocycles. The Hall–Kier alpha value is -1.11. The van der Waals surface area contributed by atoms with E-state index in [9.17, 15) is 4.79 Å². The van der Waals surface area contributed by atoms with Gasteiger partial charge in [-0.25, -0.2) is 4.98 Å².